The van der Waals surface area contributed by atoms with E-state index in [0.717, 1.165) is 0 Å². The molecule has 0 aromatic carbocycles. The topological polar surface area (TPSA) is 107 Å². The quantitative estimate of drug-likeness (QED) is 0.178. The predicted molar refractivity (Wildman–Crippen MR) is 23.1 cm³/mol. The fraction of sp³-hybridized carbons (Fsp3) is 0. The van der Waals surface area contributed by atoms with E-state index in [1.807, 2.05) is 0 Å². The Hall–Kier alpha value is 0.456. The number of hydrogen-bond donors (Lipinski definition) is 1. The summed E-state index contributed by atoms with van der Waals surface area (Å²) in [4.78, 5) is 17.0. The van der Waals surface area contributed by atoms with E-state index in [9.17, 15) is 0 Å². The minimum Gasteiger partial charge on any atom is -0.358 e. The SMILES string of the molecule is O=[N+]([O-])O.O=[N+]([O-])[S-].[K+]. The van der Waals surface area contributed by atoms with Crippen LogP contribution in [0.4, 0.5) is 0 Å². The summed E-state index contributed by atoms with van der Waals surface area (Å²) < 4.78 is -0.917. The van der Waals surface area contributed by atoms with Crippen molar-refractivity contribution >= 4 is 12.8 Å². The Morgan fingerprint density at radius 3 is 1.33 bits per heavy atom. The molecule has 0 unspecified atom stereocenters. The van der Waals surface area contributed by atoms with Gasteiger partial charge in [-0.05, 0) is 0 Å². The van der Waals surface area contributed by atoms with Crippen LogP contribution in [0.5, 0.6) is 0 Å². The van der Waals surface area contributed by atoms with Gasteiger partial charge in [0.25, 0.3) is 5.09 Å². The minimum atomic E-state index is -1.50. The van der Waals surface area contributed by atoms with Crippen LogP contribution >= 0.6 is 0 Å². The van der Waals surface area contributed by atoms with E-state index in [-0.39, 0.29) is 51.4 Å². The molecule has 0 bridgehead atoms. The summed E-state index contributed by atoms with van der Waals surface area (Å²) in [5.74, 6) is 0. The van der Waals surface area contributed by atoms with Crippen molar-refractivity contribution < 1.29 is 66.0 Å². The molecule has 0 aliphatic rings. The number of nitrogens with zero attached hydrogens (tertiary/aromatic N) is 2. The second-order valence-electron chi connectivity index (χ2n) is 0.461. The Bertz CT molecular complexity index is 73.0. The van der Waals surface area contributed by atoms with Crippen molar-refractivity contribution in [2.45, 2.75) is 0 Å². The molecule has 7 nitrogen and oxygen atoms in total. The van der Waals surface area contributed by atoms with Gasteiger partial charge < -0.3 is 18.0 Å². The van der Waals surface area contributed by atoms with Crippen molar-refractivity contribution in [2.75, 3.05) is 0 Å². The molecule has 0 fully saturated rings. The van der Waals surface area contributed by atoms with E-state index < -0.39 is 9.42 Å². The van der Waals surface area contributed by atoms with Crippen LogP contribution in [0, 0.1) is 20.2 Å². The van der Waals surface area contributed by atoms with Gasteiger partial charge in [0, 0.05) is 0 Å². The van der Waals surface area contributed by atoms with Gasteiger partial charge in [-0.3, -0.25) is 10.1 Å². The van der Waals surface area contributed by atoms with Gasteiger partial charge in [-0.1, -0.05) is 4.33 Å². The summed E-state index contributed by atoms with van der Waals surface area (Å²) >= 11 is 3.34. The van der Waals surface area contributed by atoms with Crippen LogP contribution in [0.3, 0.4) is 0 Å². The number of nitro groups is 1. The van der Waals surface area contributed by atoms with Crippen LogP contribution in [-0.2, 0) is 12.8 Å². The maximum Gasteiger partial charge on any atom is 1.00 e. The fourth-order valence-corrected chi connectivity index (χ4v) is 0. The Labute approximate surface area is 97.6 Å². The van der Waals surface area contributed by atoms with Crippen LogP contribution in [0.15, 0.2) is 0 Å². The van der Waals surface area contributed by atoms with Gasteiger partial charge in [-0.25, -0.2) is 0 Å². The molecule has 0 saturated heterocycles. The Morgan fingerprint density at radius 2 is 1.33 bits per heavy atom. The fourth-order valence-electron chi connectivity index (χ4n) is 0. The first-order chi connectivity index (χ1) is 3.46. The molecule has 0 atom stereocenters. The molecule has 48 valence electrons. The van der Waals surface area contributed by atoms with Gasteiger partial charge >= 0.3 is 51.4 Å². The first kappa shape index (κ1) is 16.2. The van der Waals surface area contributed by atoms with Crippen molar-refractivity contribution in [3.05, 3.63) is 20.2 Å². The second kappa shape index (κ2) is 11.3. The average molecular weight is 180 g/mol. The largest absolute Gasteiger partial charge is 1.00 e. The molecule has 1 N–H and O–H groups in total. The number of rotatable bonds is 0. The zero-order valence-corrected chi connectivity index (χ0v) is 8.32. The zero-order valence-electron chi connectivity index (χ0n) is 4.38. The molecule has 0 aliphatic carbocycles. The summed E-state index contributed by atoms with van der Waals surface area (Å²) in [6, 6.07) is 0. The Balaban J connectivity index is -0.0000000720. The van der Waals surface area contributed by atoms with Gasteiger partial charge in [-0.2, -0.15) is 0 Å². The minimum absolute atomic E-state index is 0. The summed E-state index contributed by atoms with van der Waals surface area (Å²) in [7, 11) is 0. The van der Waals surface area contributed by atoms with Gasteiger partial charge in [-0.15, -0.1) is 10.1 Å². The molecule has 0 aromatic heterocycles. The van der Waals surface area contributed by atoms with Gasteiger partial charge in [0.05, 0.1) is 0 Å². The average Bonchev–Trinajstić information content (AvgIpc) is 1.25. The van der Waals surface area contributed by atoms with E-state index in [2.05, 4.69) is 12.8 Å². The summed E-state index contributed by atoms with van der Waals surface area (Å²) in [6.45, 7) is 0. The van der Waals surface area contributed by atoms with Crippen LogP contribution in [0.25, 0.3) is 0 Å². The molecule has 0 aromatic rings. The van der Waals surface area contributed by atoms with Gasteiger partial charge in [0.1, 0.15) is 0 Å². The van der Waals surface area contributed by atoms with Crippen molar-refractivity contribution in [3.8, 4) is 0 Å². The van der Waals surface area contributed by atoms with E-state index in [4.69, 9.17) is 25.4 Å². The molecule has 0 saturated carbocycles. The number of hydrogen-bond acceptors (Lipinski definition) is 5. The smallest absolute Gasteiger partial charge is 0.358 e. The van der Waals surface area contributed by atoms with Crippen LogP contribution < -0.4 is 51.4 Å². The summed E-state index contributed by atoms with van der Waals surface area (Å²) in [5, 5.41) is 22.3. The van der Waals surface area contributed by atoms with Gasteiger partial charge in [0.2, 0.25) is 0 Å². The van der Waals surface area contributed by atoms with Crippen molar-refractivity contribution in [1.29, 1.82) is 0 Å². The van der Waals surface area contributed by atoms with Crippen molar-refractivity contribution in [1.82, 2.24) is 0 Å². The molecule has 0 heterocycles. The van der Waals surface area contributed by atoms with Crippen molar-refractivity contribution in [2.24, 2.45) is 0 Å². The molecular weight excluding hydrogens is 179 g/mol. The molecule has 0 amide bonds. The standard InChI is InChI=1S/K.HNO3.NO2S/c;2*2-1(3)4/h;(H,2,3,4);/q+1;;-1. The first-order valence-corrected chi connectivity index (χ1v) is 1.48. The molecule has 9 heteroatoms. The molecule has 0 spiro atoms. The van der Waals surface area contributed by atoms with Crippen LogP contribution in [0.2, 0.25) is 0 Å². The van der Waals surface area contributed by atoms with Crippen LogP contribution in [-0.4, -0.2) is 14.6 Å². The second-order valence-corrected chi connectivity index (χ2v) is 0.760. The van der Waals surface area contributed by atoms with E-state index >= 15 is 0 Å². The van der Waals surface area contributed by atoms with E-state index in [0.29, 0.717) is 0 Å². The maximum atomic E-state index is 8.62. The maximum absolute atomic E-state index is 8.62. The third-order valence-electron chi connectivity index (χ3n) is 0. The third-order valence-corrected chi connectivity index (χ3v) is 0. The molecule has 0 rings (SSSR count). The zero-order chi connectivity index (χ0) is 7.15. The Kier molecular flexibility index (Phi) is 20.3. The molecule has 0 aliphatic heterocycles. The summed E-state index contributed by atoms with van der Waals surface area (Å²) in [5.41, 5.74) is 0. The van der Waals surface area contributed by atoms with E-state index in [1.54, 1.807) is 0 Å². The van der Waals surface area contributed by atoms with Crippen molar-refractivity contribution in [3.63, 3.8) is 0 Å². The first-order valence-electron chi connectivity index (χ1n) is 1.11. The van der Waals surface area contributed by atoms with Gasteiger partial charge in [0.15, 0.2) is 0 Å². The molecular formula is HKN2O5S. The summed E-state index contributed by atoms with van der Waals surface area (Å²) in [6.07, 6.45) is 0. The monoisotopic (exact) mass is 180 g/mol. The predicted octanol–water partition coefficient (Wildman–Crippen LogP) is -3.62. The normalized spacial score (nSPS) is 5.33. The molecule has 0 radical (unpaired) electrons. The van der Waals surface area contributed by atoms with E-state index in [1.165, 1.54) is 0 Å². The molecule has 9 heavy (non-hydrogen) atoms. The third kappa shape index (κ3) is 1690. The Morgan fingerprint density at radius 1 is 1.33 bits per heavy atom. The van der Waals surface area contributed by atoms with Crippen LogP contribution in [0.1, 0.15) is 0 Å².